The van der Waals surface area contributed by atoms with Gasteiger partial charge in [-0.1, -0.05) is 13.8 Å². The summed E-state index contributed by atoms with van der Waals surface area (Å²) in [6, 6.07) is 0. The van der Waals surface area contributed by atoms with Crippen LogP contribution in [0.25, 0.3) is 0 Å². The highest BCUT2D eigenvalue weighted by atomic mass is 16.4. The second-order valence-electron chi connectivity index (χ2n) is 7.69. The molecule has 0 aromatic heterocycles. The number of fused-ring (bicyclic) bond motifs is 1. The van der Waals surface area contributed by atoms with Gasteiger partial charge in [-0.05, 0) is 61.7 Å². The Hall–Kier alpha value is -0.570. The average Bonchev–Trinajstić information content (AvgIpc) is 2.69. The zero-order valence-corrected chi connectivity index (χ0v) is 11.6. The summed E-state index contributed by atoms with van der Waals surface area (Å²) in [6.07, 6.45) is 4.42. The maximum atomic E-state index is 11.5. The smallest absolute Gasteiger partial charge is 0.307 e. The molecule has 2 bridgehead atoms. The maximum Gasteiger partial charge on any atom is 0.307 e. The van der Waals surface area contributed by atoms with Gasteiger partial charge in [0.15, 0.2) is 0 Å². The van der Waals surface area contributed by atoms with Crippen LogP contribution in [0.4, 0.5) is 0 Å². The molecule has 3 nitrogen and oxygen atoms in total. The predicted octanol–water partition coefficient (Wildman–Crippen LogP) is 2.67. The highest BCUT2D eigenvalue weighted by Gasteiger charge is 2.69. The summed E-state index contributed by atoms with van der Waals surface area (Å²) >= 11 is 0. The van der Waals surface area contributed by atoms with Crippen molar-refractivity contribution in [2.75, 3.05) is 0 Å². The van der Waals surface area contributed by atoms with Gasteiger partial charge in [0.1, 0.15) is 0 Å². The van der Waals surface area contributed by atoms with Crippen molar-refractivity contribution >= 4 is 5.97 Å². The van der Waals surface area contributed by atoms with Crippen molar-refractivity contribution in [3.63, 3.8) is 0 Å². The average molecular weight is 252 g/mol. The van der Waals surface area contributed by atoms with Gasteiger partial charge >= 0.3 is 5.97 Å². The van der Waals surface area contributed by atoms with Crippen molar-refractivity contribution in [1.29, 1.82) is 0 Å². The molecule has 0 unspecified atom stereocenters. The molecule has 3 rings (SSSR count). The van der Waals surface area contributed by atoms with E-state index >= 15 is 0 Å². The van der Waals surface area contributed by atoms with E-state index in [0.717, 1.165) is 32.1 Å². The Labute approximate surface area is 109 Å². The van der Waals surface area contributed by atoms with Crippen LogP contribution in [-0.2, 0) is 4.79 Å². The Morgan fingerprint density at radius 1 is 1.11 bits per heavy atom. The molecule has 102 valence electrons. The van der Waals surface area contributed by atoms with Gasteiger partial charge in [-0.25, -0.2) is 0 Å². The lowest BCUT2D eigenvalue weighted by molar-refractivity contribution is -0.148. The molecule has 0 heterocycles. The topological polar surface area (TPSA) is 57.5 Å². The molecular weight excluding hydrogens is 228 g/mol. The fourth-order valence-corrected chi connectivity index (χ4v) is 5.94. The number of carboxylic acids is 1. The minimum Gasteiger partial charge on any atom is -0.481 e. The lowest BCUT2D eigenvalue weighted by atomic mass is 9.64. The molecule has 0 aromatic rings. The van der Waals surface area contributed by atoms with Gasteiger partial charge in [-0.2, -0.15) is 0 Å². The Morgan fingerprint density at radius 2 is 1.78 bits per heavy atom. The molecule has 3 aliphatic rings. The second-order valence-corrected chi connectivity index (χ2v) is 7.69. The minimum atomic E-state index is -0.615. The number of aliphatic carboxylic acids is 1. The number of carboxylic acid groups (broad SMARTS) is 1. The molecule has 3 saturated carbocycles. The zero-order chi connectivity index (χ0) is 13.3. The largest absolute Gasteiger partial charge is 0.481 e. The predicted molar refractivity (Wildman–Crippen MR) is 68.0 cm³/mol. The molecule has 0 amide bonds. The third kappa shape index (κ3) is 1.26. The van der Waals surface area contributed by atoms with E-state index in [9.17, 15) is 15.0 Å². The molecule has 0 aromatic carbocycles. The van der Waals surface area contributed by atoms with Crippen molar-refractivity contribution in [3.8, 4) is 0 Å². The van der Waals surface area contributed by atoms with Crippen LogP contribution in [0.3, 0.4) is 0 Å². The number of rotatable bonds is 1. The van der Waals surface area contributed by atoms with Crippen LogP contribution in [0, 0.1) is 28.6 Å². The lowest BCUT2D eigenvalue weighted by Crippen LogP contribution is -2.45. The van der Waals surface area contributed by atoms with Crippen LogP contribution >= 0.6 is 0 Å². The van der Waals surface area contributed by atoms with Gasteiger partial charge in [0.25, 0.3) is 0 Å². The van der Waals surface area contributed by atoms with E-state index in [4.69, 9.17) is 0 Å². The van der Waals surface area contributed by atoms with E-state index in [0.29, 0.717) is 5.92 Å². The van der Waals surface area contributed by atoms with E-state index in [2.05, 4.69) is 13.8 Å². The Kier molecular flexibility index (Phi) is 2.28. The maximum absolute atomic E-state index is 11.5. The SMILES string of the molecule is CC1(C)[C@H]2C[C@@]3(CC[C@@]2(C)O)[C@H](C(=O)O)CC[C@@H]13. The standard InChI is InChI=1S/C15H24O3/c1-13(2)10-5-4-9(12(16)17)15(10)7-6-14(3,18)11(13)8-15/h9-11,18H,4-8H2,1-3H3,(H,16,17)/t9-,10-,11+,14+,15-/m0/s1. The molecule has 0 saturated heterocycles. The first-order valence-corrected chi connectivity index (χ1v) is 7.17. The molecule has 5 atom stereocenters. The number of carbonyl (C=O) groups is 1. The van der Waals surface area contributed by atoms with Gasteiger partial charge in [-0.3, -0.25) is 4.79 Å². The van der Waals surface area contributed by atoms with Crippen LogP contribution < -0.4 is 0 Å². The summed E-state index contributed by atoms with van der Waals surface area (Å²) in [4.78, 5) is 11.5. The first-order chi connectivity index (χ1) is 8.22. The first kappa shape index (κ1) is 12.5. The van der Waals surface area contributed by atoms with Gasteiger partial charge < -0.3 is 10.2 Å². The van der Waals surface area contributed by atoms with E-state index in [1.54, 1.807) is 0 Å². The molecule has 3 heteroatoms. The normalized spacial score (nSPS) is 53.2. The van der Waals surface area contributed by atoms with E-state index in [1.807, 2.05) is 6.92 Å². The Balaban J connectivity index is 2.06. The Bertz CT molecular complexity index is 399. The van der Waals surface area contributed by atoms with E-state index < -0.39 is 11.6 Å². The fourth-order valence-electron chi connectivity index (χ4n) is 5.94. The molecule has 0 aliphatic heterocycles. The van der Waals surface area contributed by atoms with Crippen molar-refractivity contribution < 1.29 is 15.0 Å². The minimum absolute atomic E-state index is 0.0256. The van der Waals surface area contributed by atoms with Crippen LogP contribution in [0.2, 0.25) is 0 Å². The van der Waals surface area contributed by atoms with Crippen molar-refractivity contribution in [2.45, 2.75) is 58.5 Å². The summed E-state index contributed by atoms with van der Waals surface area (Å²) in [7, 11) is 0. The highest BCUT2D eigenvalue weighted by molar-refractivity contribution is 5.72. The van der Waals surface area contributed by atoms with Crippen LogP contribution in [-0.4, -0.2) is 21.8 Å². The van der Waals surface area contributed by atoms with Crippen molar-refractivity contribution in [3.05, 3.63) is 0 Å². The monoisotopic (exact) mass is 252 g/mol. The van der Waals surface area contributed by atoms with Gasteiger partial charge in [0.2, 0.25) is 0 Å². The summed E-state index contributed by atoms with van der Waals surface area (Å²) in [5.74, 6) is -0.0608. The van der Waals surface area contributed by atoms with Gasteiger partial charge in [0, 0.05) is 0 Å². The van der Waals surface area contributed by atoms with Crippen LogP contribution in [0.5, 0.6) is 0 Å². The third-order valence-corrected chi connectivity index (χ3v) is 6.66. The van der Waals surface area contributed by atoms with E-state index in [-0.39, 0.29) is 22.7 Å². The molecule has 2 N–H and O–H groups in total. The summed E-state index contributed by atoms with van der Waals surface area (Å²) in [5.41, 5.74) is -0.561. The Morgan fingerprint density at radius 3 is 2.39 bits per heavy atom. The highest BCUT2D eigenvalue weighted by Crippen LogP contribution is 2.73. The molecule has 18 heavy (non-hydrogen) atoms. The molecule has 1 spiro atoms. The lowest BCUT2D eigenvalue weighted by Gasteiger charge is -2.44. The van der Waals surface area contributed by atoms with Crippen LogP contribution in [0.15, 0.2) is 0 Å². The van der Waals surface area contributed by atoms with Gasteiger partial charge in [0.05, 0.1) is 11.5 Å². The van der Waals surface area contributed by atoms with Crippen molar-refractivity contribution in [2.24, 2.45) is 28.6 Å². The molecule has 0 radical (unpaired) electrons. The fraction of sp³-hybridized carbons (Fsp3) is 0.933. The summed E-state index contributed by atoms with van der Waals surface area (Å²) in [6.45, 7) is 6.44. The second kappa shape index (κ2) is 3.30. The molecule has 3 fully saturated rings. The third-order valence-electron chi connectivity index (χ3n) is 6.66. The quantitative estimate of drug-likeness (QED) is 0.754. The number of hydrogen-bond donors (Lipinski definition) is 2. The summed E-state index contributed by atoms with van der Waals surface area (Å²) in [5, 5.41) is 20.1. The molecule has 3 aliphatic carbocycles. The number of hydrogen-bond acceptors (Lipinski definition) is 2. The van der Waals surface area contributed by atoms with Gasteiger partial charge in [-0.15, -0.1) is 0 Å². The summed E-state index contributed by atoms with van der Waals surface area (Å²) < 4.78 is 0. The molecular formula is C15H24O3. The first-order valence-electron chi connectivity index (χ1n) is 7.17. The van der Waals surface area contributed by atoms with Crippen LogP contribution in [0.1, 0.15) is 52.9 Å². The van der Waals surface area contributed by atoms with E-state index in [1.165, 1.54) is 0 Å². The zero-order valence-electron chi connectivity index (χ0n) is 11.6. The van der Waals surface area contributed by atoms with Crippen molar-refractivity contribution in [1.82, 2.24) is 0 Å². The number of aliphatic hydroxyl groups is 1.